The molecule has 1 heterocycles. The highest BCUT2D eigenvalue weighted by molar-refractivity contribution is 5.91. The molecule has 32 heavy (non-hydrogen) atoms. The Bertz CT molecular complexity index is 1310. The average Bonchev–Trinajstić information content (AvgIpc) is 3.26. The monoisotopic (exact) mass is 421 g/mol. The number of nitriles is 1. The van der Waals surface area contributed by atoms with Gasteiger partial charge in [-0.05, 0) is 59.7 Å². The number of methoxy groups -OCH3 is 1. The van der Waals surface area contributed by atoms with Gasteiger partial charge in [-0.15, -0.1) is 0 Å². The van der Waals surface area contributed by atoms with Gasteiger partial charge in [-0.2, -0.15) is 5.26 Å². The Balaban J connectivity index is 1.43. The lowest BCUT2D eigenvalue weighted by molar-refractivity contribution is -0.128. The number of esters is 1. The minimum Gasteiger partial charge on any atom is -0.497 e. The van der Waals surface area contributed by atoms with Gasteiger partial charge in [0.05, 0.1) is 23.7 Å². The van der Waals surface area contributed by atoms with Crippen molar-refractivity contribution < 1.29 is 14.3 Å². The normalized spacial score (nSPS) is 11.4. The summed E-state index contributed by atoms with van der Waals surface area (Å²) in [4.78, 5) is 19.7. The van der Waals surface area contributed by atoms with E-state index in [-0.39, 0.29) is 0 Å². The molecule has 6 heteroatoms. The molecule has 0 unspecified atom stereocenters. The highest BCUT2D eigenvalue weighted by Crippen LogP contribution is 2.21. The van der Waals surface area contributed by atoms with E-state index in [2.05, 4.69) is 16.0 Å². The van der Waals surface area contributed by atoms with Gasteiger partial charge in [-0.1, -0.05) is 36.4 Å². The maximum absolute atomic E-state index is 12.1. The molecule has 0 spiro atoms. The fraction of sp³-hybridized carbons (Fsp3) is 0.0385. The van der Waals surface area contributed by atoms with Crippen LogP contribution < -0.4 is 9.47 Å². The van der Waals surface area contributed by atoms with Crippen molar-refractivity contribution in [3.63, 3.8) is 0 Å². The summed E-state index contributed by atoms with van der Waals surface area (Å²) in [5.41, 5.74) is 3.73. The van der Waals surface area contributed by atoms with E-state index in [9.17, 15) is 10.1 Å². The zero-order chi connectivity index (χ0) is 22.3. The van der Waals surface area contributed by atoms with Gasteiger partial charge in [-0.25, -0.2) is 9.78 Å². The molecule has 4 rings (SSSR count). The van der Waals surface area contributed by atoms with Gasteiger partial charge >= 0.3 is 5.97 Å². The van der Waals surface area contributed by atoms with Crippen LogP contribution in [0, 0.1) is 11.3 Å². The third-order valence-electron chi connectivity index (χ3n) is 4.70. The summed E-state index contributed by atoms with van der Waals surface area (Å²) in [7, 11) is 1.60. The minimum absolute atomic E-state index is 0.411. The van der Waals surface area contributed by atoms with Gasteiger partial charge in [0.15, 0.2) is 0 Å². The second-order valence-electron chi connectivity index (χ2n) is 6.87. The molecule has 156 valence electrons. The lowest BCUT2D eigenvalue weighted by Crippen LogP contribution is -2.03. The Hall–Kier alpha value is -4.63. The first-order chi connectivity index (χ1) is 15.6. The van der Waals surface area contributed by atoms with Crippen LogP contribution in [0.4, 0.5) is 0 Å². The fourth-order valence-electron chi connectivity index (χ4n) is 3.06. The Labute approximate surface area is 185 Å². The van der Waals surface area contributed by atoms with E-state index >= 15 is 0 Å². The number of nitrogens with one attached hydrogen (secondary N) is 1. The largest absolute Gasteiger partial charge is 0.497 e. The summed E-state index contributed by atoms with van der Waals surface area (Å²) in [5.74, 6) is 1.18. The second-order valence-corrected chi connectivity index (χ2v) is 6.87. The van der Waals surface area contributed by atoms with Crippen molar-refractivity contribution in [2.75, 3.05) is 7.11 Å². The molecule has 1 N–H and O–H groups in total. The van der Waals surface area contributed by atoms with Crippen molar-refractivity contribution in [1.82, 2.24) is 9.97 Å². The topological polar surface area (TPSA) is 88.0 Å². The van der Waals surface area contributed by atoms with Gasteiger partial charge in [-0.3, -0.25) is 0 Å². The Morgan fingerprint density at radius 1 is 0.969 bits per heavy atom. The molecular weight excluding hydrogens is 402 g/mol. The zero-order valence-electron chi connectivity index (χ0n) is 17.3. The van der Waals surface area contributed by atoms with E-state index in [1.54, 1.807) is 43.5 Å². The summed E-state index contributed by atoms with van der Waals surface area (Å²) >= 11 is 0. The Kier molecular flexibility index (Phi) is 6.10. The molecule has 0 aliphatic heterocycles. The average molecular weight is 421 g/mol. The van der Waals surface area contributed by atoms with Crippen molar-refractivity contribution >= 4 is 34.7 Å². The van der Waals surface area contributed by atoms with Crippen LogP contribution in [0.3, 0.4) is 0 Å². The van der Waals surface area contributed by atoms with E-state index in [4.69, 9.17) is 9.47 Å². The van der Waals surface area contributed by atoms with Crippen LogP contribution in [-0.2, 0) is 4.79 Å². The van der Waals surface area contributed by atoms with Gasteiger partial charge in [0.1, 0.15) is 23.4 Å². The molecule has 0 atom stereocenters. The predicted molar refractivity (Wildman–Crippen MR) is 124 cm³/mol. The number of hydrogen-bond acceptors (Lipinski definition) is 5. The van der Waals surface area contributed by atoms with Crippen LogP contribution in [0.2, 0.25) is 0 Å². The second kappa shape index (κ2) is 9.45. The number of aromatic nitrogens is 2. The number of benzene rings is 3. The highest BCUT2D eigenvalue weighted by atomic mass is 16.5. The molecular formula is C26H19N3O3. The molecule has 0 aliphatic rings. The van der Waals surface area contributed by atoms with Crippen molar-refractivity contribution in [2.24, 2.45) is 0 Å². The number of nitrogens with zero attached hydrogens (tertiary/aromatic N) is 2. The number of fused-ring (bicyclic) bond motifs is 1. The fourth-order valence-corrected chi connectivity index (χ4v) is 3.06. The van der Waals surface area contributed by atoms with E-state index in [1.165, 1.54) is 6.08 Å². The molecule has 0 fully saturated rings. The van der Waals surface area contributed by atoms with E-state index < -0.39 is 5.97 Å². The molecule has 3 aromatic carbocycles. The molecule has 4 aromatic rings. The molecule has 0 saturated carbocycles. The Morgan fingerprint density at radius 2 is 1.66 bits per heavy atom. The summed E-state index contributed by atoms with van der Waals surface area (Å²) in [6.45, 7) is 0. The van der Waals surface area contributed by atoms with Crippen LogP contribution in [-0.4, -0.2) is 23.0 Å². The van der Waals surface area contributed by atoms with Crippen molar-refractivity contribution in [3.05, 3.63) is 95.8 Å². The van der Waals surface area contributed by atoms with Crippen molar-refractivity contribution in [1.29, 1.82) is 5.26 Å². The number of rotatable bonds is 6. The number of aromatic amines is 1. The summed E-state index contributed by atoms with van der Waals surface area (Å²) in [6, 6.07) is 24.0. The molecule has 0 bridgehead atoms. The lowest BCUT2D eigenvalue weighted by atomic mass is 10.1. The van der Waals surface area contributed by atoms with Crippen LogP contribution in [0.15, 0.2) is 78.9 Å². The number of carbonyl (C=O) groups excluding carboxylic acids is 1. The van der Waals surface area contributed by atoms with E-state index in [0.717, 1.165) is 27.9 Å². The van der Waals surface area contributed by atoms with Gasteiger partial charge in [0, 0.05) is 6.08 Å². The number of carbonyl (C=O) groups is 1. The first kappa shape index (κ1) is 20.6. The molecule has 6 nitrogen and oxygen atoms in total. The maximum atomic E-state index is 12.1. The number of hydrogen-bond donors (Lipinski definition) is 1. The maximum Gasteiger partial charge on any atom is 0.336 e. The lowest BCUT2D eigenvalue weighted by Gasteiger charge is -2.02. The first-order valence-corrected chi connectivity index (χ1v) is 9.85. The number of imidazole rings is 1. The predicted octanol–water partition coefficient (Wildman–Crippen LogP) is 5.25. The minimum atomic E-state index is -0.482. The molecule has 0 radical (unpaired) electrons. The molecule has 0 saturated heterocycles. The number of para-hydroxylation sites is 2. The van der Waals surface area contributed by atoms with E-state index in [0.29, 0.717) is 17.1 Å². The van der Waals surface area contributed by atoms with Crippen LogP contribution >= 0.6 is 0 Å². The third-order valence-corrected chi connectivity index (χ3v) is 4.70. The first-order valence-electron chi connectivity index (χ1n) is 9.85. The van der Waals surface area contributed by atoms with Gasteiger partial charge in [0.25, 0.3) is 0 Å². The van der Waals surface area contributed by atoms with Gasteiger partial charge < -0.3 is 14.5 Å². The summed E-state index contributed by atoms with van der Waals surface area (Å²) in [5, 5.41) is 9.56. The van der Waals surface area contributed by atoms with Crippen LogP contribution in [0.5, 0.6) is 11.5 Å². The van der Waals surface area contributed by atoms with Crippen molar-refractivity contribution in [2.45, 2.75) is 0 Å². The molecule has 1 aromatic heterocycles. The summed E-state index contributed by atoms with van der Waals surface area (Å²) in [6.07, 6.45) is 4.77. The Morgan fingerprint density at radius 3 is 2.34 bits per heavy atom. The molecule has 0 amide bonds. The number of allylic oxidation sites excluding steroid dienone is 1. The standard InChI is InChI=1S/C26H19N3O3/c1-31-21-11-6-18(7-12-21)10-15-25(30)32-22-13-8-19(9-14-22)16-20(17-27)26-28-23-4-2-3-5-24(23)29-26/h2-16H,1H3,(H,28,29)/b15-10+,20-16+. The van der Waals surface area contributed by atoms with Crippen LogP contribution in [0.25, 0.3) is 28.8 Å². The number of ether oxygens (including phenoxy) is 2. The summed E-state index contributed by atoms with van der Waals surface area (Å²) < 4.78 is 10.4. The third kappa shape index (κ3) is 4.91. The van der Waals surface area contributed by atoms with Crippen molar-refractivity contribution in [3.8, 4) is 17.6 Å². The number of H-pyrrole nitrogens is 1. The zero-order valence-corrected chi connectivity index (χ0v) is 17.3. The smallest absolute Gasteiger partial charge is 0.336 e. The SMILES string of the molecule is COc1ccc(/C=C/C(=O)Oc2ccc(/C=C(\C#N)c3nc4ccccc4[nH]3)cc2)cc1. The van der Waals surface area contributed by atoms with Crippen LogP contribution in [0.1, 0.15) is 17.0 Å². The quantitative estimate of drug-likeness (QED) is 0.199. The highest BCUT2D eigenvalue weighted by Gasteiger charge is 2.08. The van der Waals surface area contributed by atoms with E-state index in [1.807, 2.05) is 48.5 Å². The molecule has 0 aliphatic carbocycles. The van der Waals surface area contributed by atoms with Gasteiger partial charge in [0.2, 0.25) is 0 Å².